The van der Waals surface area contributed by atoms with E-state index < -0.39 is 23.6 Å². The van der Waals surface area contributed by atoms with Crippen LogP contribution in [0.15, 0.2) is 48.5 Å². The van der Waals surface area contributed by atoms with Crippen molar-refractivity contribution < 1.29 is 22.7 Å². The molecule has 38 heavy (non-hydrogen) atoms. The molecule has 0 N–H and O–H groups in total. The molecule has 2 aromatic carbocycles. The smallest absolute Gasteiger partial charge is 0.416 e. The van der Waals surface area contributed by atoms with Gasteiger partial charge in [-0.3, -0.25) is 4.79 Å². The summed E-state index contributed by atoms with van der Waals surface area (Å²) in [6.45, 7) is 4.07. The van der Waals surface area contributed by atoms with Crippen LogP contribution in [0.5, 0.6) is 0 Å². The minimum atomic E-state index is -4.41. The van der Waals surface area contributed by atoms with Gasteiger partial charge >= 0.3 is 12.1 Å². The van der Waals surface area contributed by atoms with Crippen molar-refractivity contribution >= 4 is 28.5 Å². The maximum Gasteiger partial charge on any atom is 0.416 e. The van der Waals surface area contributed by atoms with Gasteiger partial charge in [0.15, 0.2) is 11.7 Å². The lowest BCUT2D eigenvalue weighted by Crippen LogP contribution is -2.47. The Morgan fingerprint density at radius 3 is 2.34 bits per heavy atom. The number of fused-ring (bicyclic) bond motifs is 1. The number of nitriles is 1. The number of aromatic nitrogens is 2. The Kier molecular flexibility index (Phi) is 8.66. The molecule has 0 unspecified atom stereocenters. The summed E-state index contributed by atoms with van der Waals surface area (Å²) in [6, 6.07) is 14.5. The Morgan fingerprint density at radius 1 is 1.00 bits per heavy atom. The van der Waals surface area contributed by atoms with E-state index in [4.69, 9.17) is 9.72 Å². The number of nitrogens with zero attached hydrogens (tertiary/aromatic N) is 5. The number of esters is 1. The first kappa shape index (κ1) is 27.2. The molecule has 1 fully saturated rings. The zero-order chi connectivity index (χ0) is 27.1. The van der Waals surface area contributed by atoms with Crippen LogP contribution in [-0.2, 0) is 15.7 Å². The van der Waals surface area contributed by atoms with Crippen molar-refractivity contribution in [3.8, 4) is 6.07 Å². The number of alkyl halides is 3. The third-order valence-corrected chi connectivity index (χ3v) is 6.58. The third-order valence-electron chi connectivity index (χ3n) is 6.58. The van der Waals surface area contributed by atoms with E-state index in [1.807, 2.05) is 34.1 Å². The Labute approximate surface area is 219 Å². The van der Waals surface area contributed by atoms with Gasteiger partial charge < -0.3 is 14.5 Å². The van der Waals surface area contributed by atoms with Crippen LogP contribution in [0.4, 0.5) is 24.7 Å². The van der Waals surface area contributed by atoms with Gasteiger partial charge in [-0.25, -0.2) is 9.97 Å². The van der Waals surface area contributed by atoms with Gasteiger partial charge in [-0.15, -0.1) is 0 Å². The maximum absolute atomic E-state index is 13.2. The number of benzene rings is 2. The third kappa shape index (κ3) is 6.33. The Balaban J connectivity index is 1.56. The second-order valence-electron chi connectivity index (χ2n) is 9.23. The molecule has 3 aromatic rings. The zero-order valence-electron chi connectivity index (χ0n) is 21.2. The molecule has 1 aromatic heterocycles. The Morgan fingerprint density at radius 2 is 1.68 bits per heavy atom. The summed E-state index contributed by atoms with van der Waals surface area (Å²) in [6.07, 6.45) is -0.633. The number of rotatable bonds is 9. The minimum Gasteiger partial charge on any atom is -0.464 e. The average molecular weight is 526 g/mol. The highest BCUT2D eigenvalue weighted by Crippen LogP contribution is 2.33. The van der Waals surface area contributed by atoms with Crippen LogP contribution in [0.3, 0.4) is 0 Å². The molecule has 0 saturated carbocycles. The van der Waals surface area contributed by atoms with E-state index in [1.165, 1.54) is 6.07 Å². The minimum absolute atomic E-state index is 0.234. The van der Waals surface area contributed by atoms with Crippen LogP contribution >= 0.6 is 0 Å². The quantitative estimate of drug-likeness (QED) is 0.262. The van der Waals surface area contributed by atoms with Crippen LogP contribution < -0.4 is 9.80 Å². The van der Waals surface area contributed by atoms with E-state index >= 15 is 0 Å². The lowest BCUT2D eigenvalue weighted by molar-refractivity contribution is -0.144. The molecule has 1 aliphatic rings. The van der Waals surface area contributed by atoms with Gasteiger partial charge in [-0.05, 0) is 36.8 Å². The highest BCUT2D eigenvalue weighted by molar-refractivity contribution is 5.85. The van der Waals surface area contributed by atoms with Crippen LogP contribution in [-0.4, -0.2) is 48.7 Å². The Bertz CT molecular complexity index is 1300. The molecular formula is C28H30F3N5O2. The van der Waals surface area contributed by atoms with Crippen molar-refractivity contribution in [3.05, 3.63) is 59.8 Å². The normalized spacial score (nSPS) is 14.8. The number of hydrogen-bond donors (Lipinski definition) is 0. The molecule has 0 amide bonds. The van der Waals surface area contributed by atoms with Crippen molar-refractivity contribution in [1.82, 2.24) is 9.97 Å². The van der Waals surface area contributed by atoms with Crippen molar-refractivity contribution in [1.29, 1.82) is 5.26 Å². The molecule has 1 atom stereocenters. The molecule has 2 heterocycles. The van der Waals surface area contributed by atoms with E-state index in [-0.39, 0.29) is 12.3 Å². The number of anilines is 2. The molecule has 0 bridgehead atoms. The summed E-state index contributed by atoms with van der Waals surface area (Å²) in [5, 5.41) is 9.93. The lowest BCUT2D eigenvalue weighted by atomic mass is 10.1. The summed E-state index contributed by atoms with van der Waals surface area (Å²) >= 11 is 0. The monoisotopic (exact) mass is 525 g/mol. The van der Waals surface area contributed by atoms with Crippen LogP contribution in [0, 0.1) is 11.3 Å². The molecular weight excluding hydrogens is 495 g/mol. The average Bonchev–Trinajstić information content (AvgIpc) is 2.92. The topological polar surface area (TPSA) is 82.3 Å². The molecule has 4 rings (SSSR count). The van der Waals surface area contributed by atoms with Crippen molar-refractivity contribution in [2.75, 3.05) is 42.6 Å². The SMILES string of the molecule is CCCCCCOC(=O)[C@H](C#N)c1nc2ccccc2nc1N1CCN(c2cccc(C(F)(F)F)c2)CC1. The number of unbranched alkanes of at least 4 members (excludes halogenated alkanes) is 3. The molecule has 7 nitrogen and oxygen atoms in total. The van der Waals surface area contributed by atoms with Gasteiger partial charge in [0.25, 0.3) is 0 Å². The molecule has 1 aliphatic heterocycles. The molecule has 0 spiro atoms. The summed E-state index contributed by atoms with van der Waals surface area (Å²) in [4.78, 5) is 26.1. The Hall–Kier alpha value is -3.87. The van der Waals surface area contributed by atoms with Gasteiger partial charge in [-0.2, -0.15) is 18.4 Å². The van der Waals surface area contributed by atoms with Gasteiger partial charge in [0.1, 0.15) is 5.69 Å². The molecule has 10 heteroatoms. The molecule has 0 aliphatic carbocycles. The summed E-state index contributed by atoms with van der Waals surface area (Å²) in [5.41, 5.74) is 1.22. The van der Waals surface area contributed by atoms with E-state index in [2.05, 4.69) is 11.9 Å². The fraction of sp³-hybridized carbons (Fsp3) is 0.429. The highest BCUT2D eigenvalue weighted by Gasteiger charge is 2.33. The number of piperazine rings is 1. The lowest BCUT2D eigenvalue weighted by Gasteiger charge is -2.37. The second-order valence-corrected chi connectivity index (χ2v) is 9.23. The molecule has 1 saturated heterocycles. The highest BCUT2D eigenvalue weighted by atomic mass is 19.4. The fourth-order valence-corrected chi connectivity index (χ4v) is 4.50. The summed E-state index contributed by atoms with van der Waals surface area (Å²) in [7, 11) is 0. The first-order valence-electron chi connectivity index (χ1n) is 12.8. The van der Waals surface area contributed by atoms with Gasteiger partial charge in [0.2, 0.25) is 0 Å². The van der Waals surface area contributed by atoms with Crippen molar-refractivity contribution in [2.45, 2.75) is 44.7 Å². The standard InChI is InChI=1S/C28H30F3N5O2/c1-2-3-4-7-17-38-27(37)22(19-32)25-26(34-24-12-6-5-11-23(24)33-25)36-15-13-35(14-16-36)21-10-8-9-20(18-21)28(29,30)31/h5-6,8-12,18,22H,2-4,7,13-17H2,1H3/t22-/m1/s1. The van der Waals surface area contributed by atoms with Gasteiger partial charge in [0, 0.05) is 31.9 Å². The van der Waals surface area contributed by atoms with E-state index in [0.717, 1.165) is 37.8 Å². The maximum atomic E-state index is 13.2. The number of carbonyl (C=O) groups excluding carboxylic acids is 1. The predicted octanol–water partition coefficient (Wildman–Crippen LogP) is 5.71. The van der Waals surface area contributed by atoms with Crippen LogP contribution in [0.2, 0.25) is 0 Å². The van der Waals surface area contributed by atoms with E-state index in [9.17, 15) is 23.2 Å². The van der Waals surface area contributed by atoms with E-state index in [1.54, 1.807) is 12.1 Å². The van der Waals surface area contributed by atoms with Crippen molar-refractivity contribution in [3.63, 3.8) is 0 Å². The zero-order valence-corrected chi connectivity index (χ0v) is 21.2. The number of para-hydroxylation sites is 2. The van der Waals surface area contributed by atoms with Crippen LogP contribution in [0.1, 0.15) is 49.8 Å². The van der Waals surface area contributed by atoms with Gasteiger partial charge in [-0.1, -0.05) is 44.4 Å². The number of hydrogen-bond acceptors (Lipinski definition) is 7. The number of carbonyl (C=O) groups is 1. The number of ether oxygens (including phenoxy) is 1. The van der Waals surface area contributed by atoms with Gasteiger partial charge in [0.05, 0.1) is 29.3 Å². The summed E-state index contributed by atoms with van der Waals surface area (Å²) < 4.78 is 45.0. The first-order valence-corrected chi connectivity index (χ1v) is 12.8. The predicted molar refractivity (Wildman–Crippen MR) is 139 cm³/mol. The van der Waals surface area contributed by atoms with E-state index in [0.29, 0.717) is 48.7 Å². The first-order chi connectivity index (χ1) is 18.3. The van der Waals surface area contributed by atoms with Crippen LogP contribution in [0.25, 0.3) is 11.0 Å². The summed E-state index contributed by atoms with van der Waals surface area (Å²) in [5.74, 6) is -1.48. The number of halogens is 3. The molecule has 0 radical (unpaired) electrons. The van der Waals surface area contributed by atoms with Crippen molar-refractivity contribution in [2.24, 2.45) is 0 Å². The molecule has 200 valence electrons. The second kappa shape index (κ2) is 12.1. The largest absolute Gasteiger partial charge is 0.464 e. The fourth-order valence-electron chi connectivity index (χ4n) is 4.50.